The highest BCUT2D eigenvalue weighted by atomic mass is 79.9. The molecule has 0 aliphatic carbocycles. The number of halogens is 2. The van der Waals surface area contributed by atoms with E-state index in [9.17, 15) is 0 Å². The van der Waals surface area contributed by atoms with Crippen molar-refractivity contribution in [3.63, 3.8) is 0 Å². The highest BCUT2D eigenvalue weighted by molar-refractivity contribution is 9.10. The van der Waals surface area contributed by atoms with Gasteiger partial charge in [0.1, 0.15) is 4.60 Å². The minimum absolute atomic E-state index is 0.720. The van der Waals surface area contributed by atoms with Crippen LogP contribution in [-0.4, -0.2) is 4.98 Å². The molecule has 0 fully saturated rings. The highest BCUT2D eigenvalue weighted by Crippen LogP contribution is 2.23. The fourth-order valence-electron chi connectivity index (χ4n) is 1.33. The van der Waals surface area contributed by atoms with E-state index in [1.807, 2.05) is 24.3 Å². The van der Waals surface area contributed by atoms with Gasteiger partial charge in [-0.05, 0) is 46.6 Å². The highest BCUT2D eigenvalue weighted by Gasteiger charge is 2.00. The van der Waals surface area contributed by atoms with E-state index >= 15 is 0 Å². The molecule has 0 atom stereocenters. The van der Waals surface area contributed by atoms with Gasteiger partial charge < -0.3 is 0 Å². The third-order valence-electron chi connectivity index (χ3n) is 1.95. The first-order valence-electron chi connectivity index (χ1n) is 3.89. The molecule has 1 aromatic carbocycles. The van der Waals surface area contributed by atoms with E-state index in [-0.39, 0.29) is 0 Å². The Bertz CT molecular complexity index is 462. The van der Waals surface area contributed by atoms with Gasteiger partial charge in [-0.2, -0.15) is 0 Å². The first-order valence-corrected chi connectivity index (χ1v) is 5.06. The average molecular weight is 257 g/mol. The Morgan fingerprint density at radius 2 is 2.08 bits per heavy atom. The summed E-state index contributed by atoms with van der Waals surface area (Å²) in [6.07, 6.45) is 0. The number of aromatic nitrogens is 1. The van der Waals surface area contributed by atoms with Crippen LogP contribution < -0.4 is 0 Å². The van der Waals surface area contributed by atoms with Crippen molar-refractivity contribution in [2.45, 2.75) is 6.92 Å². The van der Waals surface area contributed by atoms with Crippen LogP contribution in [-0.2, 0) is 0 Å². The zero-order valence-corrected chi connectivity index (χ0v) is 9.35. The lowest BCUT2D eigenvalue weighted by Gasteiger charge is -2.02. The van der Waals surface area contributed by atoms with Gasteiger partial charge in [-0.15, -0.1) is 0 Å². The first-order chi connectivity index (χ1) is 6.16. The SMILES string of the molecule is Cc1cc(Br)nc2cc(Cl)ccc12. The standard InChI is InChI=1S/C10H7BrClN/c1-6-4-10(11)13-9-5-7(12)2-3-8(6)9/h2-5H,1H3. The molecule has 13 heavy (non-hydrogen) atoms. The molecule has 0 saturated heterocycles. The molecule has 0 radical (unpaired) electrons. The van der Waals surface area contributed by atoms with Gasteiger partial charge in [0.05, 0.1) is 5.52 Å². The summed E-state index contributed by atoms with van der Waals surface area (Å²) in [6, 6.07) is 7.74. The topological polar surface area (TPSA) is 12.9 Å². The second kappa shape index (κ2) is 3.28. The number of aryl methyl sites for hydroxylation is 1. The smallest absolute Gasteiger partial charge is 0.107 e. The third-order valence-corrected chi connectivity index (χ3v) is 2.59. The molecule has 0 amide bonds. The van der Waals surface area contributed by atoms with Crippen molar-refractivity contribution >= 4 is 38.4 Å². The van der Waals surface area contributed by atoms with Gasteiger partial charge in [0.15, 0.2) is 0 Å². The summed E-state index contributed by atoms with van der Waals surface area (Å²) in [5.74, 6) is 0. The number of rotatable bonds is 0. The monoisotopic (exact) mass is 255 g/mol. The molecule has 0 unspecified atom stereocenters. The summed E-state index contributed by atoms with van der Waals surface area (Å²) in [5.41, 5.74) is 2.13. The summed E-state index contributed by atoms with van der Waals surface area (Å²) in [7, 11) is 0. The lowest BCUT2D eigenvalue weighted by Crippen LogP contribution is -1.84. The number of benzene rings is 1. The van der Waals surface area contributed by atoms with Gasteiger partial charge in [0.25, 0.3) is 0 Å². The summed E-state index contributed by atoms with van der Waals surface area (Å²) in [6.45, 7) is 2.06. The van der Waals surface area contributed by atoms with Crippen LogP contribution in [0, 0.1) is 6.92 Å². The van der Waals surface area contributed by atoms with Crippen LogP contribution in [0.1, 0.15) is 5.56 Å². The van der Waals surface area contributed by atoms with Crippen molar-refractivity contribution in [1.82, 2.24) is 4.98 Å². The number of hydrogen-bond acceptors (Lipinski definition) is 1. The molecule has 0 saturated carbocycles. The molecule has 1 heterocycles. The summed E-state index contributed by atoms with van der Waals surface area (Å²) in [4.78, 5) is 4.33. The molecule has 0 N–H and O–H groups in total. The quantitative estimate of drug-likeness (QED) is 0.650. The fraction of sp³-hybridized carbons (Fsp3) is 0.100. The minimum atomic E-state index is 0.720. The van der Waals surface area contributed by atoms with Crippen LogP contribution in [0.3, 0.4) is 0 Å². The van der Waals surface area contributed by atoms with E-state index < -0.39 is 0 Å². The van der Waals surface area contributed by atoms with Gasteiger partial charge in [0.2, 0.25) is 0 Å². The molecule has 3 heteroatoms. The van der Waals surface area contributed by atoms with Gasteiger partial charge in [0, 0.05) is 10.4 Å². The molecule has 0 aliphatic rings. The van der Waals surface area contributed by atoms with Crippen LogP contribution in [0.4, 0.5) is 0 Å². The second-order valence-electron chi connectivity index (χ2n) is 2.92. The van der Waals surface area contributed by atoms with Crippen molar-refractivity contribution in [3.8, 4) is 0 Å². The predicted molar refractivity (Wildman–Crippen MR) is 59.2 cm³/mol. The van der Waals surface area contributed by atoms with Crippen LogP contribution in [0.15, 0.2) is 28.9 Å². The lowest BCUT2D eigenvalue weighted by atomic mass is 10.1. The van der Waals surface area contributed by atoms with Gasteiger partial charge in [-0.1, -0.05) is 17.7 Å². The van der Waals surface area contributed by atoms with Crippen LogP contribution in [0.5, 0.6) is 0 Å². The van der Waals surface area contributed by atoms with Gasteiger partial charge >= 0.3 is 0 Å². The third kappa shape index (κ3) is 1.69. The fourth-order valence-corrected chi connectivity index (χ4v) is 2.04. The van der Waals surface area contributed by atoms with Crippen molar-refractivity contribution in [1.29, 1.82) is 0 Å². The van der Waals surface area contributed by atoms with Crippen molar-refractivity contribution in [2.24, 2.45) is 0 Å². The average Bonchev–Trinajstić information content (AvgIpc) is 2.02. The normalized spacial score (nSPS) is 10.7. The molecule has 2 rings (SSSR count). The van der Waals surface area contributed by atoms with Gasteiger partial charge in [-0.3, -0.25) is 0 Å². The van der Waals surface area contributed by atoms with Crippen molar-refractivity contribution < 1.29 is 0 Å². The molecule has 0 aliphatic heterocycles. The Labute approximate surface area is 89.9 Å². The Hall–Kier alpha value is -0.600. The Kier molecular flexibility index (Phi) is 2.26. The minimum Gasteiger partial charge on any atom is -0.241 e. The first kappa shape index (κ1) is 8.97. The number of pyridine rings is 1. The maximum atomic E-state index is 5.87. The van der Waals surface area contributed by atoms with Crippen LogP contribution in [0.2, 0.25) is 5.02 Å². The van der Waals surface area contributed by atoms with E-state index in [0.29, 0.717) is 0 Å². The van der Waals surface area contributed by atoms with E-state index in [0.717, 1.165) is 20.5 Å². The molecule has 1 aromatic heterocycles. The van der Waals surface area contributed by atoms with Crippen molar-refractivity contribution in [3.05, 3.63) is 39.5 Å². The number of hydrogen-bond donors (Lipinski definition) is 0. The van der Waals surface area contributed by atoms with E-state index in [4.69, 9.17) is 11.6 Å². The Morgan fingerprint density at radius 1 is 1.31 bits per heavy atom. The second-order valence-corrected chi connectivity index (χ2v) is 4.17. The molecule has 0 bridgehead atoms. The molecule has 1 nitrogen and oxygen atoms in total. The lowest BCUT2D eigenvalue weighted by molar-refractivity contribution is 1.32. The van der Waals surface area contributed by atoms with Crippen molar-refractivity contribution in [2.75, 3.05) is 0 Å². The van der Waals surface area contributed by atoms with E-state index in [1.54, 1.807) is 0 Å². The zero-order chi connectivity index (χ0) is 9.42. The summed E-state index contributed by atoms with van der Waals surface area (Å²) in [5, 5.41) is 1.87. The maximum Gasteiger partial charge on any atom is 0.107 e. The van der Waals surface area contributed by atoms with Gasteiger partial charge in [-0.25, -0.2) is 4.98 Å². The zero-order valence-electron chi connectivity index (χ0n) is 7.01. The van der Waals surface area contributed by atoms with Crippen LogP contribution in [0.25, 0.3) is 10.9 Å². The number of fused-ring (bicyclic) bond motifs is 1. The summed E-state index contributed by atoms with van der Waals surface area (Å²) >= 11 is 9.22. The summed E-state index contributed by atoms with van der Waals surface area (Å²) < 4.78 is 0.847. The molecular weight excluding hydrogens is 249 g/mol. The van der Waals surface area contributed by atoms with E-state index in [1.165, 1.54) is 5.56 Å². The largest absolute Gasteiger partial charge is 0.241 e. The maximum absolute atomic E-state index is 5.87. The van der Waals surface area contributed by atoms with Crippen LogP contribution >= 0.6 is 27.5 Å². The Balaban J connectivity index is 2.86. The Morgan fingerprint density at radius 3 is 2.85 bits per heavy atom. The number of nitrogens with zero attached hydrogens (tertiary/aromatic N) is 1. The van der Waals surface area contributed by atoms with E-state index in [2.05, 4.69) is 27.8 Å². The predicted octanol–water partition coefficient (Wildman–Crippen LogP) is 3.96. The molecule has 66 valence electrons. The molecular formula is C10H7BrClN. The molecule has 0 spiro atoms. The molecule has 2 aromatic rings.